The molecule has 1 saturated heterocycles. The molecule has 0 aliphatic carbocycles. The fourth-order valence-corrected chi connectivity index (χ4v) is 1.96. The van der Waals surface area contributed by atoms with E-state index in [1.54, 1.807) is 0 Å². The van der Waals surface area contributed by atoms with Crippen LogP contribution in [0.25, 0.3) is 0 Å². The van der Waals surface area contributed by atoms with Crippen molar-refractivity contribution in [3.05, 3.63) is 22.7 Å². The Bertz CT molecular complexity index is 447. The van der Waals surface area contributed by atoms with Gasteiger partial charge in [-0.1, -0.05) is 6.92 Å². The minimum absolute atomic E-state index is 0.0594. The van der Waals surface area contributed by atoms with E-state index < -0.39 is 11.9 Å². The molecule has 2 heterocycles. The highest BCUT2D eigenvalue weighted by Crippen LogP contribution is 2.31. The maximum Gasteiger partial charge on any atom is 0.351 e. The SMILES string of the molecule is CC1CC(n2ccc(NO)nc2=O)OC1CO. The molecule has 3 unspecified atom stereocenters. The van der Waals surface area contributed by atoms with Crippen LogP contribution < -0.4 is 11.2 Å². The minimum atomic E-state index is -0.500. The van der Waals surface area contributed by atoms with Gasteiger partial charge in [0, 0.05) is 6.20 Å². The number of ether oxygens (including phenoxy) is 1. The van der Waals surface area contributed by atoms with Crippen LogP contribution in [-0.2, 0) is 4.74 Å². The van der Waals surface area contributed by atoms with Crippen molar-refractivity contribution in [1.82, 2.24) is 9.55 Å². The lowest BCUT2D eigenvalue weighted by molar-refractivity contribution is -0.0312. The summed E-state index contributed by atoms with van der Waals surface area (Å²) in [6.45, 7) is 1.90. The fraction of sp³-hybridized carbons (Fsp3) is 0.600. The van der Waals surface area contributed by atoms with Crippen LogP contribution in [0.2, 0.25) is 0 Å². The molecule has 0 bridgehead atoms. The van der Waals surface area contributed by atoms with Crippen molar-refractivity contribution in [3.8, 4) is 0 Å². The van der Waals surface area contributed by atoms with E-state index >= 15 is 0 Å². The van der Waals surface area contributed by atoms with Gasteiger partial charge in [0.1, 0.15) is 6.23 Å². The molecule has 0 amide bonds. The highest BCUT2D eigenvalue weighted by atomic mass is 16.5. The van der Waals surface area contributed by atoms with E-state index in [9.17, 15) is 4.79 Å². The summed E-state index contributed by atoms with van der Waals surface area (Å²) < 4.78 is 6.91. The van der Waals surface area contributed by atoms with Gasteiger partial charge in [-0.15, -0.1) is 0 Å². The van der Waals surface area contributed by atoms with E-state index in [1.807, 2.05) is 12.4 Å². The van der Waals surface area contributed by atoms with Gasteiger partial charge in [0.15, 0.2) is 5.82 Å². The van der Waals surface area contributed by atoms with E-state index in [-0.39, 0.29) is 24.4 Å². The molecule has 1 fully saturated rings. The highest BCUT2D eigenvalue weighted by Gasteiger charge is 2.33. The van der Waals surface area contributed by atoms with E-state index in [4.69, 9.17) is 15.1 Å². The van der Waals surface area contributed by atoms with Gasteiger partial charge >= 0.3 is 5.69 Å². The van der Waals surface area contributed by atoms with Crippen LogP contribution in [0.3, 0.4) is 0 Å². The maximum atomic E-state index is 11.6. The van der Waals surface area contributed by atoms with Crippen molar-refractivity contribution in [2.75, 3.05) is 12.1 Å². The third-order valence-corrected chi connectivity index (χ3v) is 2.97. The van der Waals surface area contributed by atoms with Gasteiger partial charge in [0.05, 0.1) is 12.7 Å². The first-order valence-corrected chi connectivity index (χ1v) is 5.41. The summed E-state index contributed by atoms with van der Waals surface area (Å²) in [5.74, 6) is 0.281. The standard InChI is InChI=1S/C10H15N3O4/c1-6-4-9(17-7(6)5-14)13-3-2-8(12-16)11-10(13)15/h2-3,6-7,9,14,16H,4-5H2,1H3,(H,11,12,15). The number of anilines is 1. The van der Waals surface area contributed by atoms with Crippen molar-refractivity contribution < 1.29 is 15.1 Å². The summed E-state index contributed by atoms with van der Waals surface area (Å²) in [6, 6.07) is 1.47. The smallest absolute Gasteiger partial charge is 0.351 e. The molecule has 1 aromatic rings. The monoisotopic (exact) mass is 241 g/mol. The number of aromatic nitrogens is 2. The summed E-state index contributed by atoms with van der Waals surface area (Å²) >= 11 is 0. The second-order valence-electron chi connectivity index (χ2n) is 4.14. The summed E-state index contributed by atoms with van der Waals surface area (Å²) in [5, 5.41) is 17.7. The summed E-state index contributed by atoms with van der Waals surface area (Å²) in [6.07, 6.45) is 1.50. The maximum absolute atomic E-state index is 11.6. The fourth-order valence-electron chi connectivity index (χ4n) is 1.96. The van der Waals surface area contributed by atoms with Crippen LogP contribution in [0.1, 0.15) is 19.6 Å². The molecule has 2 rings (SSSR count). The number of aliphatic hydroxyl groups excluding tert-OH is 1. The summed E-state index contributed by atoms with van der Waals surface area (Å²) in [5.41, 5.74) is 1.31. The molecular weight excluding hydrogens is 226 g/mol. The predicted molar refractivity (Wildman–Crippen MR) is 58.7 cm³/mol. The van der Waals surface area contributed by atoms with Crippen molar-refractivity contribution in [2.45, 2.75) is 25.7 Å². The topological polar surface area (TPSA) is 96.6 Å². The molecule has 7 nitrogen and oxygen atoms in total. The molecule has 0 saturated carbocycles. The Balaban J connectivity index is 2.22. The average molecular weight is 241 g/mol. The molecule has 7 heteroatoms. The van der Waals surface area contributed by atoms with Crippen molar-refractivity contribution in [1.29, 1.82) is 0 Å². The molecule has 1 aromatic heterocycles. The van der Waals surface area contributed by atoms with Crippen LogP contribution in [0.4, 0.5) is 5.82 Å². The predicted octanol–water partition coefficient (Wildman–Crippen LogP) is -0.0397. The lowest BCUT2D eigenvalue weighted by atomic mass is 10.0. The van der Waals surface area contributed by atoms with Gasteiger partial charge in [0.25, 0.3) is 0 Å². The first-order chi connectivity index (χ1) is 8.15. The third kappa shape index (κ3) is 2.31. The molecule has 1 aliphatic rings. The van der Waals surface area contributed by atoms with Gasteiger partial charge in [-0.05, 0) is 18.4 Å². The lowest BCUT2D eigenvalue weighted by Crippen LogP contribution is -2.27. The van der Waals surface area contributed by atoms with Crippen LogP contribution in [0.5, 0.6) is 0 Å². The molecule has 0 spiro atoms. The number of nitrogens with one attached hydrogen (secondary N) is 1. The number of hydrogen-bond donors (Lipinski definition) is 3. The minimum Gasteiger partial charge on any atom is -0.394 e. The van der Waals surface area contributed by atoms with Crippen LogP contribution in [0, 0.1) is 5.92 Å². The zero-order chi connectivity index (χ0) is 12.4. The Morgan fingerprint density at radius 1 is 1.71 bits per heavy atom. The Morgan fingerprint density at radius 3 is 3.00 bits per heavy atom. The molecule has 0 aromatic carbocycles. The van der Waals surface area contributed by atoms with Gasteiger partial charge in [-0.2, -0.15) is 4.98 Å². The van der Waals surface area contributed by atoms with Crippen molar-refractivity contribution in [2.24, 2.45) is 5.92 Å². The molecule has 17 heavy (non-hydrogen) atoms. The van der Waals surface area contributed by atoms with Gasteiger partial charge in [-0.25, -0.2) is 4.79 Å². The van der Waals surface area contributed by atoms with E-state index in [0.717, 1.165) is 0 Å². The molecule has 1 aliphatic heterocycles. The largest absolute Gasteiger partial charge is 0.394 e. The van der Waals surface area contributed by atoms with Gasteiger partial charge < -0.3 is 9.84 Å². The zero-order valence-corrected chi connectivity index (χ0v) is 9.41. The number of nitrogens with zero attached hydrogens (tertiary/aromatic N) is 2. The number of rotatable bonds is 3. The Morgan fingerprint density at radius 2 is 2.47 bits per heavy atom. The number of aliphatic hydroxyl groups is 1. The Hall–Kier alpha value is -1.44. The summed E-state index contributed by atoms with van der Waals surface area (Å²) in [4.78, 5) is 15.3. The quantitative estimate of drug-likeness (QED) is 0.642. The lowest BCUT2D eigenvalue weighted by Gasteiger charge is -2.14. The number of hydrogen-bond acceptors (Lipinski definition) is 6. The van der Waals surface area contributed by atoms with E-state index in [1.165, 1.54) is 16.8 Å². The molecule has 3 atom stereocenters. The molecule has 94 valence electrons. The Labute approximate surface area is 97.6 Å². The van der Waals surface area contributed by atoms with Gasteiger partial charge in [0.2, 0.25) is 0 Å². The van der Waals surface area contributed by atoms with Crippen LogP contribution >= 0.6 is 0 Å². The van der Waals surface area contributed by atoms with Crippen molar-refractivity contribution >= 4 is 5.82 Å². The first kappa shape index (κ1) is 12.0. The second kappa shape index (κ2) is 4.82. The molecule has 0 radical (unpaired) electrons. The Kier molecular flexibility index (Phi) is 3.41. The van der Waals surface area contributed by atoms with E-state index in [0.29, 0.717) is 6.42 Å². The average Bonchev–Trinajstić information content (AvgIpc) is 2.70. The van der Waals surface area contributed by atoms with E-state index in [2.05, 4.69) is 4.98 Å². The third-order valence-electron chi connectivity index (χ3n) is 2.97. The van der Waals surface area contributed by atoms with Crippen molar-refractivity contribution in [3.63, 3.8) is 0 Å². The molecule has 3 N–H and O–H groups in total. The van der Waals surface area contributed by atoms with Crippen LogP contribution in [-0.4, -0.2) is 32.6 Å². The normalized spacial score (nSPS) is 28.3. The first-order valence-electron chi connectivity index (χ1n) is 5.41. The highest BCUT2D eigenvalue weighted by molar-refractivity contribution is 5.28. The van der Waals surface area contributed by atoms with Crippen LogP contribution in [0.15, 0.2) is 17.1 Å². The second-order valence-corrected chi connectivity index (χ2v) is 4.14. The summed E-state index contributed by atoms with van der Waals surface area (Å²) in [7, 11) is 0. The zero-order valence-electron chi connectivity index (χ0n) is 9.41. The van der Waals surface area contributed by atoms with Gasteiger partial charge in [-0.3, -0.25) is 15.3 Å². The molecular formula is C10H15N3O4.